The summed E-state index contributed by atoms with van der Waals surface area (Å²) in [4.78, 5) is 16.1. The van der Waals surface area contributed by atoms with Crippen LogP contribution in [0, 0.1) is 6.92 Å². The number of rotatable bonds is 5. The summed E-state index contributed by atoms with van der Waals surface area (Å²) in [5.41, 5.74) is 1.23. The summed E-state index contributed by atoms with van der Waals surface area (Å²) >= 11 is 0. The Morgan fingerprint density at radius 3 is 2.77 bits per heavy atom. The normalized spacial score (nSPS) is 10.6. The van der Waals surface area contributed by atoms with E-state index in [-0.39, 0.29) is 12.6 Å². The quantitative estimate of drug-likeness (QED) is 0.671. The molecular weight excluding hydrogens is 284 g/mol. The summed E-state index contributed by atoms with van der Waals surface area (Å²) < 4.78 is 12.0. The standard InChI is InChI=1S/C15H14N4O3/c1-11-17-14(22-18-11)12-3-5-13(6-4-12)15(20)21-10-9-19-8-2-7-16-19/h2-8H,9-10H2,1H3. The van der Waals surface area contributed by atoms with Gasteiger partial charge >= 0.3 is 5.97 Å². The molecule has 0 fully saturated rings. The first-order chi connectivity index (χ1) is 10.7. The van der Waals surface area contributed by atoms with Gasteiger partial charge in [0.2, 0.25) is 0 Å². The van der Waals surface area contributed by atoms with Gasteiger partial charge in [-0.05, 0) is 37.3 Å². The molecule has 0 saturated carbocycles. The molecule has 0 bridgehead atoms. The van der Waals surface area contributed by atoms with E-state index < -0.39 is 0 Å². The van der Waals surface area contributed by atoms with Crippen molar-refractivity contribution in [3.05, 3.63) is 54.1 Å². The molecule has 0 saturated heterocycles. The number of hydrogen-bond acceptors (Lipinski definition) is 6. The monoisotopic (exact) mass is 298 g/mol. The highest BCUT2D eigenvalue weighted by atomic mass is 16.5. The van der Waals surface area contributed by atoms with E-state index in [9.17, 15) is 4.79 Å². The first-order valence-electron chi connectivity index (χ1n) is 6.78. The van der Waals surface area contributed by atoms with Gasteiger partial charge in [0.1, 0.15) is 6.61 Å². The maximum Gasteiger partial charge on any atom is 0.338 e. The first kappa shape index (κ1) is 14.0. The van der Waals surface area contributed by atoms with Crippen molar-refractivity contribution in [2.75, 3.05) is 6.61 Å². The van der Waals surface area contributed by atoms with Crippen molar-refractivity contribution in [2.24, 2.45) is 0 Å². The highest BCUT2D eigenvalue weighted by Gasteiger charge is 2.10. The number of carbonyl (C=O) groups excluding carboxylic acids is 1. The number of carbonyl (C=O) groups is 1. The molecule has 0 spiro atoms. The maximum absolute atomic E-state index is 11.9. The minimum Gasteiger partial charge on any atom is -0.460 e. The van der Waals surface area contributed by atoms with Gasteiger partial charge in [0.15, 0.2) is 5.82 Å². The van der Waals surface area contributed by atoms with Gasteiger partial charge in [-0.2, -0.15) is 10.1 Å². The number of esters is 1. The van der Waals surface area contributed by atoms with Crippen LogP contribution in [0.25, 0.3) is 11.5 Å². The summed E-state index contributed by atoms with van der Waals surface area (Å²) in [5, 5.41) is 7.76. The molecule has 0 aliphatic carbocycles. The summed E-state index contributed by atoms with van der Waals surface area (Å²) in [6.07, 6.45) is 3.49. The van der Waals surface area contributed by atoms with Crippen molar-refractivity contribution >= 4 is 5.97 Å². The summed E-state index contributed by atoms with van der Waals surface area (Å²) in [6, 6.07) is 8.66. The zero-order chi connectivity index (χ0) is 15.4. The molecule has 2 aromatic heterocycles. The molecule has 3 aromatic rings. The predicted octanol–water partition coefficient (Wildman–Crippen LogP) is 2.10. The van der Waals surface area contributed by atoms with E-state index in [1.165, 1.54) is 0 Å². The summed E-state index contributed by atoms with van der Waals surface area (Å²) in [6.45, 7) is 2.54. The molecule has 0 N–H and O–H groups in total. The van der Waals surface area contributed by atoms with Crippen molar-refractivity contribution in [3.8, 4) is 11.5 Å². The number of nitrogens with zero attached hydrogens (tertiary/aromatic N) is 4. The van der Waals surface area contributed by atoms with Gasteiger partial charge in [0, 0.05) is 18.0 Å². The first-order valence-corrected chi connectivity index (χ1v) is 6.78. The molecule has 2 heterocycles. The van der Waals surface area contributed by atoms with Crippen LogP contribution in [0.2, 0.25) is 0 Å². The molecule has 0 aliphatic rings. The largest absolute Gasteiger partial charge is 0.460 e. The molecule has 7 heteroatoms. The average molecular weight is 298 g/mol. The van der Waals surface area contributed by atoms with Crippen LogP contribution >= 0.6 is 0 Å². The molecule has 0 radical (unpaired) electrons. The number of aromatic nitrogens is 4. The van der Waals surface area contributed by atoms with Gasteiger partial charge in [-0.3, -0.25) is 4.68 Å². The van der Waals surface area contributed by atoms with Crippen molar-refractivity contribution in [1.82, 2.24) is 19.9 Å². The van der Waals surface area contributed by atoms with Crippen LogP contribution in [0.5, 0.6) is 0 Å². The number of benzene rings is 1. The van der Waals surface area contributed by atoms with E-state index in [0.29, 0.717) is 23.8 Å². The Morgan fingerprint density at radius 2 is 2.14 bits per heavy atom. The van der Waals surface area contributed by atoms with Crippen LogP contribution in [-0.4, -0.2) is 32.5 Å². The van der Waals surface area contributed by atoms with E-state index in [1.54, 1.807) is 42.1 Å². The van der Waals surface area contributed by atoms with Crippen molar-refractivity contribution in [3.63, 3.8) is 0 Å². The average Bonchev–Trinajstić information content (AvgIpc) is 3.19. The molecular formula is C15H14N4O3. The van der Waals surface area contributed by atoms with Gasteiger partial charge in [-0.25, -0.2) is 4.79 Å². The summed E-state index contributed by atoms with van der Waals surface area (Å²) in [7, 11) is 0. The minimum absolute atomic E-state index is 0.269. The molecule has 3 rings (SSSR count). The molecule has 22 heavy (non-hydrogen) atoms. The Balaban J connectivity index is 1.58. The van der Waals surface area contributed by atoms with Gasteiger partial charge in [0.25, 0.3) is 5.89 Å². The van der Waals surface area contributed by atoms with Crippen molar-refractivity contribution in [2.45, 2.75) is 13.5 Å². The second kappa shape index (κ2) is 6.21. The Bertz CT molecular complexity index is 747. The molecule has 7 nitrogen and oxygen atoms in total. The lowest BCUT2D eigenvalue weighted by Gasteiger charge is -2.05. The fraction of sp³-hybridized carbons (Fsp3) is 0.200. The molecule has 0 atom stereocenters. The minimum atomic E-state index is -0.375. The van der Waals surface area contributed by atoms with Gasteiger partial charge < -0.3 is 9.26 Å². The topological polar surface area (TPSA) is 83.0 Å². The smallest absolute Gasteiger partial charge is 0.338 e. The van der Waals surface area contributed by atoms with Crippen molar-refractivity contribution < 1.29 is 14.1 Å². The zero-order valence-corrected chi connectivity index (χ0v) is 12.0. The lowest BCUT2D eigenvalue weighted by molar-refractivity contribution is 0.0487. The Morgan fingerprint density at radius 1 is 1.32 bits per heavy atom. The number of ether oxygens (including phenoxy) is 1. The van der Waals surface area contributed by atoms with Gasteiger partial charge in [-0.1, -0.05) is 5.16 Å². The maximum atomic E-state index is 11.9. The van der Waals surface area contributed by atoms with E-state index in [4.69, 9.17) is 9.26 Å². The Kier molecular flexibility index (Phi) is 3.95. The van der Waals surface area contributed by atoms with Crippen LogP contribution in [0.15, 0.2) is 47.2 Å². The zero-order valence-electron chi connectivity index (χ0n) is 12.0. The Labute approximate surface area is 126 Å². The SMILES string of the molecule is Cc1noc(-c2ccc(C(=O)OCCn3cccn3)cc2)n1. The van der Waals surface area contributed by atoms with Gasteiger partial charge in [-0.15, -0.1) is 0 Å². The third kappa shape index (κ3) is 3.20. The van der Waals surface area contributed by atoms with Crippen LogP contribution in [-0.2, 0) is 11.3 Å². The second-order valence-electron chi connectivity index (χ2n) is 4.63. The fourth-order valence-corrected chi connectivity index (χ4v) is 1.91. The lowest BCUT2D eigenvalue weighted by Crippen LogP contribution is -2.11. The molecule has 0 amide bonds. The highest BCUT2D eigenvalue weighted by molar-refractivity contribution is 5.89. The Hall–Kier alpha value is -2.96. The van der Waals surface area contributed by atoms with Crippen LogP contribution < -0.4 is 0 Å². The molecule has 0 aliphatic heterocycles. The van der Waals surface area contributed by atoms with E-state index >= 15 is 0 Å². The second-order valence-corrected chi connectivity index (χ2v) is 4.63. The van der Waals surface area contributed by atoms with E-state index in [2.05, 4.69) is 15.2 Å². The van der Waals surface area contributed by atoms with E-state index in [0.717, 1.165) is 5.56 Å². The molecule has 112 valence electrons. The fourth-order valence-electron chi connectivity index (χ4n) is 1.91. The third-order valence-electron chi connectivity index (χ3n) is 3.01. The molecule has 0 unspecified atom stereocenters. The van der Waals surface area contributed by atoms with Crippen LogP contribution in [0.1, 0.15) is 16.2 Å². The third-order valence-corrected chi connectivity index (χ3v) is 3.01. The lowest BCUT2D eigenvalue weighted by atomic mass is 10.1. The number of hydrogen-bond donors (Lipinski definition) is 0. The van der Waals surface area contributed by atoms with Gasteiger partial charge in [0.05, 0.1) is 12.1 Å². The number of aryl methyl sites for hydroxylation is 1. The van der Waals surface area contributed by atoms with Crippen LogP contribution in [0.4, 0.5) is 0 Å². The molecule has 1 aromatic carbocycles. The van der Waals surface area contributed by atoms with Crippen LogP contribution in [0.3, 0.4) is 0 Å². The highest BCUT2D eigenvalue weighted by Crippen LogP contribution is 2.17. The summed E-state index contributed by atoms with van der Waals surface area (Å²) in [5.74, 6) is 0.619. The van der Waals surface area contributed by atoms with Crippen molar-refractivity contribution in [1.29, 1.82) is 0 Å². The predicted molar refractivity (Wildman–Crippen MR) is 77.0 cm³/mol. The van der Waals surface area contributed by atoms with E-state index in [1.807, 2.05) is 12.3 Å².